The molecule has 0 radical (unpaired) electrons. The van der Waals surface area contributed by atoms with Gasteiger partial charge in [-0.2, -0.15) is 0 Å². The number of nitrogens with zero attached hydrogens (tertiary/aromatic N) is 2. The summed E-state index contributed by atoms with van der Waals surface area (Å²) in [5.41, 5.74) is 1.96. The van der Waals surface area contributed by atoms with Gasteiger partial charge in [-0.3, -0.25) is 14.7 Å². The second kappa shape index (κ2) is 5.56. The van der Waals surface area contributed by atoms with Crippen molar-refractivity contribution in [3.8, 4) is 0 Å². The number of carbonyl (C=O) groups is 1. The fourth-order valence-corrected chi connectivity index (χ4v) is 4.52. The zero-order valence-electron chi connectivity index (χ0n) is 14.2. The summed E-state index contributed by atoms with van der Waals surface area (Å²) in [6, 6.07) is 10.2. The van der Waals surface area contributed by atoms with Crippen LogP contribution in [0.15, 0.2) is 40.9 Å². The highest BCUT2D eigenvalue weighted by Crippen LogP contribution is 2.32. The Morgan fingerprint density at radius 3 is 2.80 bits per heavy atom. The Morgan fingerprint density at radius 1 is 1.20 bits per heavy atom. The molecule has 3 saturated heterocycles. The largest absolute Gasteiger partial charge is 0.456 e. The molecule has 0 spiro atoms. The maximum Gasteiger partial charge on any atom is 0.270 e. The summed E-state index contributed by atoms with van der Waals surface area (Å²) in [6.45, 7) is 4.52. The predicted octanol–water partition coefficient (Wildman–Crippen LogP) is 3.19. The van der Waals surface area contributed by atoms with Gasteiger partial charge in [-0.25, -0.2) is 0 Å². The number of amides is 1. The lowest BCUT2D eigenvalue weighted by Crippen LogP contribution is -2.62. The van der Waals surface area contributed by atoms with Crippen LogP contribution in [0.2, 0.25) is 0 Å². The zero-order chi connectivity index (χ0) is 17.0. The first kappa shape index (κ1) is 14.9. The molecule has 3 aliphatic heterocycles. The fraction of sp³-hybridized carbons (Fsp3) is 0.400. The van der Waals surface area contributed by atoms with Gasteiger partial charge in [0, 0.05) is 35.1 Å². The van der Waals surface area contributed by atoms with E-state index >= 15 is 0 Å². The minimum Gasteiger partial charge on any atom is -0.456 e. The Balaban J connectivity index is 1.44. The van der Waals surface area contributed by atoms with E-state index in [1.54, 1.807) is 12.3 Å². The van der Waals surface area contributed by atoms with Gasteiger partial charge >= 0.3 is 0 Å². The number of hydrogen-bond acceptors (Lipinski definition) is 4. The SMILES string of the molecule is C[C@H]1[C@H](NC(=O)c2cc3oc4ccccc4c3cn2)C2CCN1CC2. The summed E-state index contributed by atoms with van der Waals surface area (Å²) in [4.78, 5) is 19.6. The summed E-state index contributed by atoms with van der Waals surface area (Å²) in [7, 11) is 0. The maximum absolute atomic E-state index is 12.8. The van der Waals surface area contributed by atoms with E-state index in [1.165, 1.54) is 12.8 Å². The quantitative estimate of drug-likeness (QED) is 0.781. The molecular formula is C20H21N3O2. The molecule has 5 heterocycles. The van der Waals surface area contributed by atoms with Crippen LogP contribution in [0.1, 0.15) is 30.3 Å². The van der Waals surface area contributed by atoms with Crippen molar-refractivity contribution < 1.29 is 9.21 Å². The molecule has 1 amide bonds. The highest BCUT2D eigenvalue weighted by atomic mass is 16.3. The molecule has 25 heavy (non-hydrogen) atoms. The summed E-state index contributed by atoms with van der Waals surface area (Å²) in [6.07, 6.45) is 4.09. The monoisotopic (exact) mass is 335 g/mol. The van der Waals surface area contributed by atoms with Gasteiger partial charge in [-0.15, -0.1) is 0 Å². The van der Waals surface area contributed by atoms with Crippen LogP contribution >= 0.6 is 0 Å². The number of para-hydroxylation sites is 1. The summed E-state index contributed by atoms with van der Waals surface area (Å²) in [5, 5.41) is 5.21. The van der Waals surface area contributed by atoms with Crippen molar-refractivity contribution in [2.24, 2.45) is 5.92 Å². The Morgan fingerprint density at radius 2 is 2.00 bits per heavy atom. The average Bonchev–Trinajstić information content (AvgIpc) is 3.02. The first-order valence-electron chi connectivity index (χ1n) is 9.03. The molecule has 3 aliphatic rings. The molecule has 6 rings (SSSR count). The standard InChI is InChI=1S/C20H21N3O2/c1-12-19(13-6-8-23(12)9-7-13)22-20(24)16-10-18-15(11-21-16)14-4-2-3-5-17(14)25-18/h2-5,10-13,19H,6-9H2,1H3,(H,22,24)/t12-,19-/m0/s1. The lowest BCUT2D eigenvalue weighted by atomic mass is 9.79. The molecule has 5 heteroatoms. The first-order valence-corrected chi connectivity index (χ1v) is 9.03. The smallest absolute Gasteiger partial charge is 0.270 e. The number of benzene rings is 1. The Hall–Kier alpha value is -2.40. The summed E-state index contributed by atoms with van der Waals surface area (Å²) >= 11 is 0. The van der Waals surface area contributed by atoms with E-state index in [0.29, 0.717) is 23.2 Å². The molecule has 2 atom stereocenters. The second-order valence-electron chi connectivity index (χ2n) is 7.28. The van der Waals surface area contributed by atoms with Crippen molar-refractivity contribution in [3.63, 3.8) is 0 Å². The van der Waals surface area contributed by atoms with E-state index in [9.17, 15) is 4.79 Å². The maximum atomic E-state index is 12.8. The van der Waals surface area contributed by atoms with Crippen molar-refractivity contribution >= 4 is 27.8 Å². The normalized spacial score (nSPS) is 28.5. The van der Waals surface area contributed by atoms with Crippen molar-refractivity contribution in [2.45, 2.75) is 31.8 Å². The molecule has 5 nitrogen and oxygen atoms in total. The number of fused-ring (bicyclic) bond motifs is 6. The van der Waals surface area contributed by atoms with Gasteiger partial charge in [0.25, 0.3) is 5.91 Å². The second-order valence-corrected chi connectivity index (χ2v) is 7.28. The number of rotatable bonds is 2. The zero-order valence-corrected chi connectivity index (χ0v) is 14.2. The van der Waals surface area contributed by atoms with E-state index < -0.39 is 0 Å². The van der Waals surface area contributed by atoms with Crippen molar-refractivity contribution in [2.75, 3.05) is 13.1 Å². The van der Waals surface area contributed by atoms with Crippen LogP contribution in [0.4, 0.5) is 0 Å². The van der Waals surface area contributed by atoms with Gasteiger partial charge in [0.1, 0.15) is 16.9 Å². The van der Waals surface area contributed by atoms with Gasteiger partial charge in [0.15, 0.2) is 0 Å². The van der Waals surface area contributed by atoms with Crippen molar-refractivity contribution in [1.82, 2.24) is 15.2 Å². The third-order valence-corrected chi connectivity index (χ3v) is 5.97. The molecule has 0 aliphatic carbocycles. The van der Waals surface area contributed by atoms with Crippen LogP contribution in [0.5, 0.6) is 0 Å². The highest BCUT2D eigenvalue weighted by Gasteiger charge is 2.40. The van der Waals surface area contributed by atoms with Gasteiger partial charge in [0.05, 0.1) is 0 Å². The lowest BCUT2D eigenvalue weighted by Gasteiger charge is -2.49. The van der Waals surface area contributed by atoms with Crippen molar-refractivity contribution in [3.05, 3.63) is 42.2 Å². The molecule has 0 saturated carbocycles. The molecule has 2 aromatic heterocycles. The lowest BCUT2D eigenvalue weighted by molar-refractivity contribution is 0.0216. The van der Waals surface area contributed by atoms with Gasteiger partial charge in [0.2, 0.25) is 0 Å². The van der Waals surface area contributed by atoms with Crippen LogP contribution in [0.3, 0.4) is 0 Å². The van der Waals surface area contributed by atoms with Gasteiger partial charge < -0.3 is 9.73 Å². The van der Waals surface area contributed by atoms with E-state index in [-0.39, 0.29) is 11.9 Å². The number of hydrogen-bond donors (Lipinski definition) is 1. The number of piperidine rings is 3. The molecule has 2 bridgehead atoms. The topological polar surface area (TPSA) is 58.4 Å². The third kappa shape index (κ3) is 2.34. The molecular weight excluding hydrogens is 314 g/mol. The molecule has 3 aromatic rings. The van der Waals surface area contributed by atoms with E-state index in [1.807, 2.05) is 24.3 Å². The van der Waals surface area contributed by atoms with Crippen LogP contribution in [0, 0.1) is 5.92 Å². The molecule has 0 unspecified atom stereocenters. The Labute approximate surface area is 146 Å². The van der Waals surface area contributed by atoms with Gasteiger partial charge in [-0.1, -0.05) is 18.2 Å². The van der Waals surface area contributed by atoms with Crippen LogP contribution in [-0.2, 0) is 0 Å². The third-order valence-electron chi connectivity index (χ3n) is 5.97. The summed E-state index contributed by atoms with van der Waals surface area (Å²) in [5.74, 6) is 0.479. The Bertz CT molecular complexity index is 954. The number of pyridine rings is 1. The molecule has 128 valence electrons. The molecule has 1 aromatic carbocycles. The van der Waals surface area contributed by atoms with Crippen LogP contribution in [0.25, 0.3) is 21.9 Å². The number of nitrogens with one attached hydrogen (secondary N) is 1. The van der Waals surface area contributed by atoms with Crippen LogP contribution < -0.4 is 5.32 Å². The van der Waals surface area contributed by atoms with Gasteiger partial charge in [-0.05, 0) is 44.8 Å². The molecule has 3 fully saturated rings. The number of furan rings is 1. The summed E-state index contributed by atoms with van der Waals surface area (Å²) < 4.78 is 5.88. The highest BCUT2D eigenvalue weighted by molar-refractivity contribution is 6.06. The van der Waals surface area contributed by atoms with Crippen molar-refractivity contribution in [1.29, 1.82) is 0 Å². The number of carbonyl (C=O) groups excluding carboxylic acids is 1. The fourth-order valence-electron chi connectivity index (χ4n) is 4.52. The molecule has 1 N–H and O–H groups in total. The minimum atomic E-state index is -0.104. The van der Waals surface area contributed by atoms with E-state index in [2.05, 4.69) is 22.1 Å². The average molecular weight is 335 g/mol. The number of aromatic nitrogens is 1. The first-order chi connectivity index (χ1) is 12.2. The predicted molar refractivity (Wildman–Crippen MR) is 96.5 cm³/mol. The van der Waals surface area contributed by atoms with E-state index in [4.69, 9.17) is 4.42 Å². The van der Waals surface area contributed by atoms with Crippen LogP contribution in [-0.4, -0.2) is 41.0 Å². The Kier molecular flexibility index (Phi) is 3.31. The van der Waals surface area contributed by atoms with E-state index in [0.717, 1.165) is 29.4 Å². The minimum absolute atomic E-state index is 0.104.